The number of thiophene rings is 1. The van der Waals surface area contributed by atoms with Gasteiger partial charge in [0.15, 0.2) is 0 Å². The predicted octanol–water partition coefficient (Wildman–Crippen LogP) is 8.15. The molecule has 1 saturated carbocycles. The second kappa shape index (κ2) is 7.77. The van der Waals surface area contributed by atoms with E-state index in [4.69, 9.17) is 4.98 Å². The van der Waals surface area contributed by atoms with E-state index in [1.165, 1.54) is 64.3 Å². The van der Waals surface area contributed by atoms with Crippen molar-refractivity contribution in [3.63, 3.8) is 0 Å². The van der Waals surface area contributed by atoms with Gasteiger partial charge in [0.2, 0.25) is 0 Å². The minimum absolute atomic E-state index is 0.246. The topological polar surface area (TPSA) is 25.8 Å². The molecule has 0 spiro atoms. The third-order valence-corrected chi connectivity index (χ3v) is 7.38. The first-order chi connectivity index (χ1) is 14.5. The Morgan fingerprint density at radius 1 is 1.00 bits per heavy atom. The largest absolute Gasteiger partial charge is 0.235 e. The molecule has 0 atom stereocenters. The zero-order valence-corrected chi connectivity index (χ0v) is 19.1. The van der Waals surface area contributed by atoms with Crippen molar-refractivity contribution in [2.75, 3.05) is 0 Å². The Labute approximate surface area is 183 Å². The summed E-state index contributed by atoms with van der Waals surface area (Å²) in [6.45, 7) is 6.87. The van der Waals surface area contributed by atoms with Gasteiger partial charge in [-0.15, -0.1) is 11.3 Å². The van der Waals surface area contributed by atoms with Gasteiger partial charge in [-0.3, -0.25) is 0 Å². The van der Waals surface area contributed by atoms with Crippen molar-refractivity contribution in [3.8, 4) is 11.3 Å². The summed E-state index contributed by atoms with van der Waals surface area (Å²) in [4.78, 5) is 9.46. The van der Waals surface area contributed by atoms with Crippen molar-refractivity contribution in [1.82, 2.24) is 9.97 Å². The van der Waals surface area contributed by atoms with Crippen LogP contribution < -0.4 is 0 Å². The summed E-state index contributed by atoms with van der Waals surface area (Å²) >= 11 is 1.80. The van der Waals surface area contributed by atoms with Gasteiger partial charge in [0.1, 0.15) is 6.33 Å². The van der Waals surface area contributed by atoms with E-state index in [-0.39, 0.29) is 5.41 Å². The maximum atomic E-state index is 4.78. The van der Waals surface area contributed by atoms with Gasteiger partial charge in [-0.2, -0.15) is 0 Å². The molecule has 0 N–H and O–H groups in total. The Hall–Kier alpha value is -2.26. The quantitative estimate of drug-likeness (QED) is 0.338. The van der Waals surface area contributed by atoms with Crippen LogP contribution >= 0.6 is 11.3 Å². The van der Waals surface area contributed by atoms with Crippen molar-refractivity contribution in [3.05, 3.63) is 59.2 Å². The van der Waals surface area contributed by atoms with Crippen LogP contribution in [0.1, 0.15) is 69.9 Å². The molecule has 0 bridgehead atoms. The van der Waals surface area contributed by atoms with E-state index in [9.17, 15) is 0 Å². The van der Waals surface area contributed by atoms with Gasteiger partial charge in [0, 0.05) is 5.56 Å². The number of nitrogens with zero attached hydrogens (tertiary/aromatic N) is 2. The Morgan fingerprint density at radius 3 is 2.60 bits per heavy atom. The second-order valence-corrected chi connectivity index (χ2v) is 10.9. The molecule has 0 saturated heterocycles. The number of hydrogen-bond acceptors (Lipinski definition) is 3. The van der Waals surface area contributed by atoms with E-state index in [0.717, 1.165) is 17.6 Å². The third-order valence-electron chi connectivity index (χ3n) is 6.36. The molecule has 154 valence electrons. The fraction of sp³-hybridized carbons (Fsp3) is 0.407. The molecule has 5 rings (SSSR count). The molecule has 0 aliphatic heterocycles. The fourth-order valence-corrected chi connectivity index (χ4v) is 6.06. The molecule has 4 aromatic rings. The van der Waals surface area contributed by atoms with Crippen LogP contribution in [0.2, 0.25) is 0 Å². The Balaban J connectivity index is 1.67. The summed E-state index contributed by atoms with van der Waals surface area (Å²) in [7, 11) is 0. The first-order valence-electron chi connectivity index (χ1n) is 11.2. The minimum atomic E-state index is 0.246. The van der Waals surface area contributed by atoms with E-state index in [1.54, 1.807) is 17.7 Å². The molecule has 1 fully saturated rings. The summed E-state index contributed by atoms with van der Waals surface area (Å²) < 4.78 is 1.22. The number of hydrogen-bond donors (Lipinski definition) is 0. The Morgan fingerprint density at radius 2 is 1.80 bits per heavy atom. The standard InChI is InChI=1S/C27H30N2S/c1-27(2,3)15-21-16-30-26-24(28-17-29-25(21)26)20-13-19-11-7-8-12-22(19)23(14-20)18-9-5-4-6-10-18/h7-8,11-14,16-18H,4-6,9-10,15H2,1-3H3. The van der Waals surface area contributed by atoms with Crippen LogP contribution in [0.5, 0.6) is 0 Å². The molecule has 1 aliphatic carbocycles. The van der Waals surface area contributed by atoms with Crippen molar-refractivity contribution in [1.29, 1.82) is 0 Å². The lowest BCUT2D eigenvalue weighted by atomic mass is 9.81. The maximum absolute atomic E-state index is 4.78. The van der Waals surface area contributed by atoms with Crippen molar-refractivity contribution < 1.29 is 0 Å². The average Bonchev–Trinajstić information content (AvgIpc) is 3.15. The zero-order valence-electron chi connectivity index (χ0n) is 18.2. The lowest BCUT2D eigenvalue weighted by molar-refractivity contribution is 0.413. The van der Waals surface area contributed by atoms with Crippen LogP contribution in [-0.2, 0) is 6.42 Å². The van der Waals surface area contributed by atoms with E-state index >= 15 is 0 Å². The zero-order chi connectivity index (χ0) is 20.7. The fourth-order valence-electron chi connectivity index (χ4n) is 5.03. The number of aromatic nitrogens is 2. The molecule has 0 amide bonds. The lowest BCUT2D eigenvalue weighted by Crippen LogP contribution is -2.08. The summed E-state index contributed by atoms with van der Waals surface area (Å²) in [6, 6.07) is 13.6. The van der Waals surface area contributed by atoms with Crippen LogP contribution in [0, 0.1) is 5.41 Å². The Bertz CT molecular complexity index is 1190. The summed E-state index contributed by atoms with van der Waals surface area (Å²) in [5, 5.41) is 5.03. The molecule has 0 radical (unpaired) electrons. The van der Waals surface area contributed by atoms with Gasteiger partial charge >= 0.3 is 0 Å². The van der Waals surface area contributed by atoms with E-state index in [2.05, 4.69) is 67.5 Å². The molecule has 2 aromatic carbocycles. The summed E-state index contributed by atoms with van der Waals surface area (Å²) in [5.41, 5.74) is 6.57. The van der Waals surface area contributed by atoms with Crippen LogP contribution in [0.4, 0.5) is 0 Å². The molecule has 2 heterocycles. The first-order valence-corrected chi connectivity index (χ1v) is 12.1. The van der Waals surface area contributed by atoms with Crippen LogP contribution in [0.25, 0.3) is 32.2 Å². The van der Waals surface area contributed by atoms with Gasteiger partial charge in [-0.1, -0.05) is 64.3 Å². The van der Waals surface area contributed by atoms with E-state index < -0.39 is 0 Å². The maximum Gasteiger partial charge on any atom is 0.116 e. The van der Waals surface area contributed by atoms with E-state index in [1.807, 2.05) is 0 Å². The summed E-state index contributed by atoms with van der Waals surface area (Å²) in [5.74, 6) is 0.667. The highest BCUT2D eigenvalue weighted by molar-refractivity contribution is 7.17. The van der Waals surface area contributed by atoms with Crippen LogP contribution in [-0.4, -0.2) is 9.97 Å². The van der Waals surface area contributed by atoms with Gasteiger partial charge in [-0.05, 0) is 70.0 Å². The molecule has 2 aromatic heterocycles. The highest BCUT2D eigenvalue weighted by Crippen LogP contribution is 2.41. The molecular formula is C27H30N2S. The molecule has 3 heteroatoms. The monoisotopic (exact) mass is 414 g/mol. The first kappa shape index (κ1) is 19.7. The second-order valence-electron chi connectivity index (χ2n) is 10.0. The summed E-state index contributed by atoms with van der Waals surface area (Å²) in [6.07, 6.45) is 9.49. The smallest absolute Gasteiger partial charge is 0.116 e. The number of rotatable bonds is 3. The third kappa shape index (κ3) is 3.76. The van der Waals surface area contributed by atoms with Gasteiger partial charge in [-0.25, -0.2) is 9.97 Å². The number of fused-ring (bicyclic) bond motifs is 2. The van der Waals surface area contributed by atoms with Crippen LogP contribution in [0.3, 0.4) is 0 Å². The molecular weight excluding hydrogens is 384 g/mol. The predicted molar refractivity (Wildman–Crippen MR) is 129 cm³/mol. The van der Waals surface area contributed by atoms with Gasteiger partial charge in [0.25, 0.3) is 0 Å². The highest BCUT2D eigenvalue weighted by atomic mass is 32.1. The van der Waals surface area contributed by atoms with Gasteiger partial charge < -0.3 is 0 Å². The average molecular weight is 415 g/mol. The van der Waals surface area contributed by atoms with E-state index in [0.29, 0.717) is 5.92 Å². The lowest BCUT2D eigenvalue weighted by Gasteiger charge is -2.24. The number of benzene rings is 2. The minimum Gasteiger partial charge on any atom is -0.235 e. The highest BCUT2D eigenvalue weighted by Gasteiger charge is 2.21. The molecule has 1 aliphatic rings. The molecule has 0 unspecified atom stereocenters. The van der Waals surface area contributed by atoms with Crippen molar-refractivity contribution in [2.45, 2.75) is 65.2 Å². The van der Waals surface area contributed by atoms with Crippen LogP contribution in [0.15, 0.2) is 48.1 Å². The Kier molecular flexibility index (Phi) is 5.10. The normalized spacial score (nSPS) is 15.8. The SMILES string of the molecule is CC(C)(C)Cc1csc2c(-c3cc(C4CCCCC4)c4ccccc4c3)ncnc12. The molecule has 2 nitrogen and oxygen atoms in total. The molecule has 30 heavy (non-hydrogen) atoms. The van der Waals surface area contributed by atoms with Gasteiger partial charge in [0.05, 0.1) is 15.9 Å². The van der Waals surface area contributed by atoms with Crippen molar-refractivity contribution >= 4 is 32.3 Å². The van der Waals surface area contributed by atoms with Crippen molar-refractivity contribution in [2.24, 2.45) is 5.41 Å².